The van der Waals surface area contributed by atoms with Crippen LogP contribution in [-0.2, 0) is 11.2 Å². The highest BCUT2D eigenvalue weighted by atomic mass is 35.5. The number of para-hydroxylation sites is 1. The van der Waals surface area contributed by atoms with Crippen molar-refractivity contribution in [2.75, 3.05) is 0 Å². The van der Waals surface area contributed by atoms with Gasteiger partial charge in [-0.1, -0.05) is 29.8 Å². The molecule has 116 valence electrons. The minimum absolute atomic E-state index is 0.0487. The summed E-state index contributed by atoms with van der Waals surface area (Å²) < 4.78 is 41.3. The standard InChI is InChI=1S/C14H9ClF3NO3/c15-13-10(5-8(7-19-13)6-12(20)21)9-3-1-2-4-11(9)22-14(16,17)18/h1-5,7H,6H2,(H,20,21). The van der Waals surface area contributed by atoms with Crippen LogP contribution in [0.5, 0.6) is 5.75 Å². The average molecular weight is 332 g/mol. The number of benzene rings is 1. The van der Waals surface area contributed by atoms with Gasteiger partial charge < -0.3 is 9.84 Å². The molecule has 0 unspecified atom stereocenters. The Hall–Kier alpha value is -2.28. The molecule has 0 atom stereocenters. The Morgan fingerprint density at radius 2 is 1.95 bits per heavy atom. The fourth-order valence-electron chi connectivity index (χ4n) is 1.85. The largest absolute Gasteiger partial charge is 0.573 e. The van der Waals surface area contributed by atoms with E-state index in [0.29, 0.717) is 5.56 Å². The number of pyridine rings is 1. The van der Waals surface area contributed by atoms with E-state index in [1.54, 1.807) is 0 Å². The van der Waals surface area contributed by atoms with Gasteiger partial charge in [-0.3, -0.25) is 4.79 Å². The van der Waals surface area contributed by atoms with Crippen molar-refractivity contribution in [2.24, 2.45) is 0 Å². The van der Waals surface area contributed by atoms with Crippen LogP contribution in [0.25, 0.3) is 11.1 Å². The predicted octanol–water partition coefficient (Wildman–Crippen LogP) is 3.93. The molecule has 8 heteroatoms. The summed E-state index contributed by atoms with van der Waals surface area (Å²) in [5.41, 5.74) is 0.554. The summed E-state index contributed by atoms with van der Waals surface area (Å²) in [5.74, 6) is -1.53. The minimum Gasteiger partial charge on any atom is -0.481 e. The summed E-state index contributed by atoms with van der Waals surface area (Å²) >= 11 is 5.92. The highest BCUT2D eigenvalue weighted by molar-refractivity contribution is 6.32. The molecular formula is C14H9ClF3NO3. The van der Waals surface area contributed by atoms with E-state index in [1.165, 1.54) is 30.5 Å². The maximum absolute atomic E-state index is 12.4. The predicted molar refractivity (Wildman–Crippen MR) is 72.7 cm³/mol. The van der Waals surface area contributed by atoms with Gasteiger partial charge in [0.25, 0.3) is 0 Å². The van der Waals surface area contributed by atoms with Gasteiger partial charge in [0, 0.05) is 17.3 Å². The highest BCUT2D eigenvalue weighted by Crippen LogP contribution is 2.36. The molecule has 0 aliphatic heterocycles. The van der Waals surface area contributed by atoms with Crippen LogP contribution in [-0.4, -0.2) is 22.4 Å². The Kier molecular flexibility index (Phi) is 4.56. The maximum atomic E-state index is 12.4. The first-order valence-electron chi connectivity index (χ1n) is 5.97. The molecule has 4 nitrogen and oxygen atoms in total. The fourth-order valence-corrected chi connectivity index (χ4v) is 2.06. The van der Waals surface area contributed by atoms with E-state index in [0.717, 1.165) is 6.07 Å². The monoisotopic (exact) mass is 331 g/mol. The second-order valence-corrected chi connectivity index (χ2v) is 4.65. The van der Waals surface area contributed by atoms with Crippen LogP contribution in [0.3, 0.4) is 0 Å². The van der Waals surface area contributed by atoms with Crippen molar-refractivity contribution in [2.45, 2.75) is 12.8 Å². The van der Waals surface area contributed by atoms with Gasteiger partial charge in [0.1, 0.15) is 10.9 Å². The summed E-state index contributed by atoms with van der Waals surface area (Å²) in [5, 5.41) is 8.72. The number of carbonyl (C=O) groups is 1. The average Bonchev–Trinajstić information content (AvgIpc) is 2.39. The highest BCUT2D eigenvalue weighted by Gasteiger charge is 2.32. The number of ether oxygens (including phenoxy) is 1. The van der Waals surface area contributed by atoms with Gasteiger partial charge in [-0.05, 0) is 17.7 Å². The van der Waals surface area contributed by atoms with Gasteiger partial charge in [-0.15, -0.1) is 13.2 Å². The zero-order valence-electron chi connectivity index (χ0n) is 10.9. The quantitative estimate of drug-likeness (QED) is 0.862. The Balaban J connectivity index is 2.49. The summed E-state index contributed by atoms with van der Waals surface area (Å²) in [6.45, 7) is 0. The lowest BCUT2D eigenvalue weighted by atomic mass is 10.0. The molecule has 0 saturated heterocycles. The minimum atomic E-state index is -4.85. The van der Waals surface area contributed by atoms with Crippen molar-refractivity contribution >= 4 is 17.6 Å². The zero-order chi connectivity index (χ0) is 16.3. The number of hydrogen-bond donors (Lipinski definition) is 1. The summed E-state index contributed by atoms with van der Waals surface area (Å²) in [4.78, 5) is 14.5. The van der Waals surface area contributed by atoms with Crippen molar-refractivity contribution < 1.29 is 27.8 Å². The maximum Gasteiger partial charge on any atom is 0.573 e. The van der Waals surface area contributed by atoms with E-state index in [2.05, 4.69) is 9.72 Å². The van der Waals surface area contributed by atoms with Crippen LogP contribution in [0.15, 0.2) is 36.5 Å². The van der Waals surface area contributed by atoms with E-state index in [1.807, 2.05) is 0 Å². The number of alkyl halides is 3. The number of aromatic nitrogens is 1. The normalized spacial score (nSPS) is 11.3. The number of halogens is 4. The van der Waals surface area contributed by atoms with Crippen molar-refractivity contribution in [3.05, 3.63) is 47.2 Å². The summed E-state index contributed by atoms with van der Waals surface area (Å²) in [7, 11) is 0. The van der Waals surface area contributed by atoms with Crippen LogP contribution in [0.4, 0.5) is 13.2 Å². The fraction of sp³-hybridized carbons (Fsp3) is 0.143. The molecule has 0 amide bonds. The summed E-state index contributed by atoms with van der Waals surface area (Å²) in [6, 6.07) is 6.80. The molecule has 0 fully saturated rings. The van der Waals surface area contributed by atoms with Gasteiger partial charge in [0.05, 0.1) is 6.42 Å². The number of carboxylic acids is 1. The third kappa shape index (κ3) is 4.11. The molecule has 22 heavy (non-hydrogen) atoms. The molecule has 2 aromatic rings. The van der Waals surface area contributed by atoms with Crippen LogP contribution in [0.1, 0.15) is 5.56 Å². The SMILES string of the molecule is O=C(O)Cc1cnc(Cl)c(-c2ccccc2OC(F)(F)F)c1. The molecule has 0 spiro atoms. The molecule has 1 aromatic heterocycles. The molecule has 1 heterocycles. The van der Waals surface area contributed by atoms with Crippen molar-refractivity contribution in [1.29, 1.82) is 0 Å². The van der Waals surface area contributed by atoms with Crippen molar-refractivity contribution in [3.8, 4) is 16.9 Å². The second-order valence-electron chi connectivity index (χ2n) is 4.30. The molecule has 0 aliphatic carbocycles. The smallest absolute Gasteiger partial charge is 0.481 e. The Bertz CT molecular complexity index is 704. The third-order valence-electron chi connectivity index (χ3n) is 2.65. The molecule has 0 aliphatic rings. The van der Waals surface area contributed by atoms with Crippen LogP contribution >= 0.6 is 11.6 Å². The van der Waals surface area contributed by atoms with E-state index in [4.69, 9.17) is 16.7 Å². The van der Waals surface area contributed by atoms with Crippen LogP contribution in [0.2, 0.25) is 5.15 Å². The van der Waals surface area contributed by atoms with E-state index in [-0.39, 0.29) is 22.7 Å². The Labute approximate surface area is 128 Å². The van der Waals surface area contributed by atoms with Gasteiger partial charge in [0.2, 0.25) is 0 Å². The van der Waals surface area contributed by atoms with Gasteiger partial charge in [-0.2, -0.15) is 0 Å². The van der Waals surface area contributed by atoms with Crippen LogP contribution < -0.4 is 4.74 Å². The molecule has 1 N–H and O–H groups in total. The molecular weight excluding hydrogens is 323 g/mol. The molecule has 2 rings (SSSR count). The Morgan fingerprint density at radius 1 is 1.27 bits per heavy atom. The van der Waals surface area contributed by atoms with Gasteiger partial charge in [-0.25, -0.2) is 4.98 Å². The molecule has 0 saturated carbocycles. The first-order valence-corrected chi connectivity index (χ1v) is 6.35. The topological polar surface area (TPSA) is 59.4 Å². The lowest BCUT2D eigenvalue weighted by molar-refractivity contribution is -0.274. The lowest BCUT2D eigenvalue weighted by Crippen LogP contribution is -2.17. The Morgan fingerprint density at radius 3 is 2.59 bits per heavy atom. The second kappa shape index (κ2) is 6.23. The molecule has 0 radical (unpaired) electrons. The summed E-state index contributed by atoms with van der Waals surface area (Å²) in [6.07, 6.45) is -3.92. The molecule has 1 aromatic carbocycles. The van der Waals surface area contributed by atoms with Gasteiger partial charge in [0.15, 0.2) is 0 Å². The number of rotatable bonds is 4. The zero-order valence-corrected chi connectivity index (χ0v) is 11.6. The molecule has 0 bridgehead atoms. The first kappa shape index (κ1) is 16.1. The third-order valence-corrected chi connectivity index (χ3v) is 2.96. The number of aliphatic carboxylic acids is 1. The number of nitrogens with zero attached hydrogens (tertiary/aromatic N) is 1. The van der Waals surface area contributed by atoms with E-state index >= 15 is 0 Å². The number of carboxylic acid groups (broad SMARTS) is 1. The van der Waals surface area contributed by atoms with E-state index < -0.39 is 18.1 Å². The van der Waals surface area contributed by atoms with Crippen LogP contribution in [0, 0.1) is 0 Å². The first-order chi connectivity index (χ1) is 10.3. The lowest BCUT2D eigenvalue weighted by Gasteiger charge is -2.14. The van der Waals surface area contributed by atoms with Crippen molar-refractivity contribution in [1.82, 2.24) is 4.98 Å². The van der Waals surface area contributed by atoms with Gasteiger partial charge >= 0.3 is 12.3 Å². The van der Waals surface area contributed by atoms with Crippen molar-refractivity contribution in [3.63, 3.8) is 0 Å². The van der Waals surface area contributed by atoms with E-state index in [9.17, 15) is 18.0 Å². The number of hydrogen-bond acceptors (Lipinski definition) is 3.